The first-order valence-electron chi connectivity index (χ1n) is 9.55. The lowest BCUT2D eigenvalue weighted by Gasteiger charge is -2.21. The molecule has 1 aromatic carbocycles. The molecule has 2 aromatic rings. The minimum atomic E-state index is -0.327. The van der Waals surface area contributed by atoms with Crippen LogP contribution in [0, 0.1) is 0 Å². The maximum atomic E-state index is 12.7. The van der Waals surface area contributed by atoms with E-state index in [1.165, 1.54) is 6.26 Å². The second-order valence-corrected chi connectivity index (χ2v) is 7.35. The molecule has 2 N–H and O–H groups in total. The fraction of sp³-hybridized carbons (Fsp3) is 0.450. The molecule has 0 radical (unpaired) electrons. The highest BCUT2D eigenvalue weighted by molar-refractivity contribution is 9.10. The Hall–Kier alpha value is -2.43. The van der Waals surface area contributed by atoms with Crippen LogP contribution in [0.2, 0.25) is 0 Å². The van der Waals surface area contributed by atoms with E-state index < -0.39 is 0 Å². The zero-order chi connectivity index (χ0) is 21.8. The van der Waals surface area contributed by atoms with Gasteiger partial charge in [0.2, 0.25) is 5.89 Å². The standard InChI is InChI=1S/C20H27BrN4O5/c1-28-11-3-9-22-19(26)17-14-30-18(24-17)13-25(10-4-12-29-2)20(27)23-16-7-5-15(21)6-8-16/h5-8,14H,3-4,9-13H2,1-2H3,(H,22,26)(H,23,27). The molecule has 0 fully saturated rings. The van der Waals surface area contributed by atoms with Crippen LogP contribution in [-0.4, -0.2) is 62.3 Å². The summed E-state index contributed by atoms with van der Waals surface area (Å²) in [4.78, 5) is 30.6. The van der Waals surface area contributed by atoms with Crippen LogP contribution in [-0.2, 0) is 16.0 Å². The second-order valence-electron chi connectivity index (χ2n) is 6.43. The fourth-order valence-electron chi connectivity index (χ4n) is 2.55. The molecule has 2 rings (SSSR count). The van der Waals surface area contributed by atoms with E-state index in [0.29, 0.717) is 44.8 Å². The number of methoxy groups -OCH3 is 2. The van der Waals surface area contributed by atoms with Crippen LogP contribution >= 0.6 is 15.9 Å². The molecule has 0 atom stereocenters. The van der Waals surface area contributed by atoms with Crippen LogP contribution < -0.4 is 10.6 Å². The number of aromatic nitrogens is 1. The van der Waals surface area contributed by atoms with Gasteiger partial charge < -0.3 is 29.4 Å². The van der Waals surface area contributed by atoms with E-state index in [1.807, 2.05) is 12.1 Å². The van der Waals surface area contributed by atoms with Gasteiger partial charge in [-0.1, -0.05) is 15.9 Å². The van der Waals surface area contributed by atoms with E-state index in [-0.39, 0.29) is 30.1 Å². The summed E-state index contributed by atoms with van der Waals surface area (Å²) in [7, 11) is 3.22. The molecule has 0 aliphatic rings. The molecule has 0 saturated heterocycles. The number of halogens is 1. The summed E-state index contributed by atoms with van der Waals surface area (Å²) < 4.78 is 16.4. The molecule has 164 valence electrons. The fourth-order valence-corrected chi connectivity index (χ4v) is 2.81. The summed E-state index contributed by atoms with van der Waals surface area (Å²) in [6, 6.07) is 6.99. The SMILES string of the molecule is COCCCNC(=O)c1coc(CN(CCCOC)C(=O)Nc2ccc(Br)cc2)n1. The zero-order valence-corrected chi connectivity index (χ0v) is 18.7. The van der Waals surface area contributed by atoms with E-state index in [2.05, 4.69) is 31.5 Å². The molecule has 1 heterocycles. The Kier molecular flexibility index (Phi) is 10.3. The number of rotatable bonds is 12. The van der Waals surface area contributed by atoms with Gasteiger partial charge in [0.15, 0.2) is 5.69 Å². The lowest BCUT2D eigenvalue weighted by Crippen LogP contribution is -2.36. The van der Waals surface area contributed by atoms with Crippen LogP contribution in [0.15, 0.2) is 39.4 Å². The average Bonchev–Trinajstić information content (AvgIpc) is 3.21. The van der Waals surface area contributed by atoms with Gasteiger partial charge >= 0.3 is 6.03 Å². The predicted molar refractivity (Wildman–Crippen MR) is 115 cm³/mol. The van der Waals surface area contributed by atoms with Gasteiger partial charge in [0.1, 0.15) is 6.26 Å². The van der Waals surface area contributed by atoms with E-state index in [9.17, 15) is 9.59 Å². The van der Waals surface area contributed by atoms with Gasteiger partial charge in [0.05, 0.1) is 6.54 Å². The minimum Gasteiger partial charge on any atom is -0.446 e. The maximum Gasteiger partial charge on any atom is 0.322 e. The molecule has 0 aliphatic carbocycles. The molecule has 30 heavy (non-hydrogen) atoms. The van der Waals surface area contributed by atoms with Gasteiger partial charge in [-0.25, -0.2) is 9.78 Å². The number of hydrogen-bond donors (Lipinski definition) is 2. The first-order valence-corrected chi connectivity index (χ1v) is 10.3. The van der Waals surface area contributed by atoms with Crippen LogP contribution in [0.5, 0.6) is 0 Å². The summed E-state index contributed by atoms with van der Waals surface area (Å²) in [5, 5.41) is 5.60. The summed E-state index contributed by atoms with van der Waals surface area (Å²) in [5.41, 5.74) is 0.844. The van der Waals surface area contributed by atoms with Gasteiger partial charge in [0, 0.05) is 50.7 Å². The average molecular weight is 483 g/mol. The third-order valence-corrected chi connectivity index (χ3v) is 4.61. The number of nitrogens with one attached hydrogen (secondary N) is 2. The van der Waals surface area contributed by atoms with Crippen LogP contribution in [0.1, 0.15) is 29.2 Å². The van der Waals surface area contributed by atoms with Gasteiger partial charge in [-0.15, -0.1) is 0 Å². The molecular weight excluding hydrogens is 456 g/mol. The molecular formula is C20H27BrN4O5. The Balaban J connectivity index is 1.98. The Morgan fingerprint density at radius 2 is 1.83 bits per heavy atom. The lowest BCUT2D eigenvalue weighted by atomic mass is 10.3. The molecule has 0 aliphatic heterocycles. The molecule has 0 spiro atoms. The summed E-state index contributed by atoms with van der Waals surface area (Å²) >= 11 is 3.37. The highest BCUT2D eigenvalue weighted by Gasteiger charge is 2.19. The Bertz CT molecular complexity index is 797. The third-order valence-electron chi connectivity index (χ3n) is 4.08. The highest BCUT2D eigenvalue weighted by atomic mass is 79.9. The Morgan fingerprint density at radius 1 is 1.13 bits per heavy atom. The highest BCUT2D eigenvalue weighted by Crippen LogP contribution is 2.15. The van der Waals surface area contributed by atoms with Crippen molar-refractivity contribution in [2.75, 3.05) is 45.8 Å². The topological polar surface area (TPSA) is 106 Å². The van der Waals surface area contributed by atoms with Crippen molar-refractivity contribution in [3.63, 3.8) is 0 Å². The number of oxazole rings is 1. The van der Waals surface area contributed by atoms with Crippen molar-refractivity contribution in [1.82, 2.24) is 15.2 Å². The third kappa shape index (κ3) is 8.13. The smallest absolute Gasteiger partial charge is 0.322 e. The quantitative estimate of drug-likeness (QED) is 0.449. The molecule has 0 saturated carbocycles. The van der Waals surface area contributed by atoms with E-state index in [1.54, 1.807) is 31.3 Å². The van der Waals surface area contributed by atoms with Crippen LogP contribution in [0.3, 0.4) is 0 Å². The van der Waals surface area contributed by atoms with Crippen molar-refractivity contribution in [3.05, 3.63) is 46.6 Å². The number of amides is 3. The van der Waals surface area contributed by atoms with Gasteiger partial charge in [-0.05, 0) is 37.1 Å². The monoisotopic (exact) mass is 482 g/mol. The van der Waals surface area contributed by atoms with Crippen molar-refractivity contribution in [3.8, 4) is 0 Å². The number of benzene rings is 1. The number of carbonyl (C=O) groups is 2. The number of urea groups is 1. The summed E-state index contributed by atoms with van der Waals surface area (Å²) in [5.74, 6) is -0.0493. The van der Waals surface area contributed by atoms with Gasteiger partial charge in [-0.2, -0.15) is 0 Å². The zero-order valence-electron chi connectivity index (χ0n) is 17.2. The second kappa shape index (κ2) is 13.0. The van der Waals surface area contributed by atoms with E-state index >= 15 is 0 Å². The lowest BCUT2D eigenvalue weighted by molar-refractivity contribution is 0.0943. The van der Waals surface area contributed by atoms with Crippen molar-refractivity contribution < 1.29 is 23.5 Å². The number of hydrogen-bond acceptors (Lipinski definition) is 6. The Labute approximate surface area is 184 Å². The molecule has 10 heteroatoms. The van der Waals surface area contributed by atoms with E-state index in [4.69, 9.17) is 13.9 Å². The van der Waals surface area contributed by atoms with Crippen LogP contribution in [0.4, 0.5) is 10.5 Å². The number of anilines is 1. The van der Waals surface area contributed by atoms with Crippen molar-refractivity contribution >= 4 is 33.6 Å². The Morgan fingerprint density at radius 3 is 2.53 bits per heavy atom. The predicted octanol–water partition coefficient (Wildman–Crippen LogP) is 3.27. The largest absolute Gasteiger partial charge is 0.446 e. The van der Waals surface area contributed by atoms with Gasteiger partial charge in [0.25, 0.3) is 5.91 Å². The number of nitrogens with zero attached hydrogens (tertiary/aromatic N) is 2. The first kappa shape index (κ1) is 23.8. The molecule has 9 nitrogen and oxygen atoms in total. The van der Waals surface area contributed by atoms with Gasteiger partial charge in [-0.3, -0.25) is 4.79 Å². The van der Waals surface area contributed by atoms with Crippen molar-refractivity contribution in [2.45, 2.75) is 19.4 Å². The number of ether oxygens (including phenoxy) is 2. The van der Waals surface area contributed by atoms with Crippen molar-refractivity contribution in [1.29, 1.82) is 0 Å². The minimum absolute atomic E-state index is 0.128. The summed E-state index contributed by atoms with van der Waals surface area (Å²) in [6.07, 6.45) is 2.65. The molecule has 0 unspecified atom stereocenters. The maximum absolute atomic E-state index is 12.7. The van der Waals surface area contributed by atoms with E-state index in [0.717, 1.165) is 4.47 Å². The molecule has 1 aromatic heterocycles. The normalized spacial score (nSPS) is 10.6. The molecule has 0 bridgehead atoms. The van der Waals surface area contributed by atoms with Crippen molar-refractivity contribution in [2.24, 2.45) is 0 Å². The molecule has 3 amide bonds. The summed E-state index contributed by atoms with van der Waals surface area (Å²) in [6.45, 7) is 2.13. The number of carbonyl (C=O) groups excluding carboxylic acids is 2. The van der Waals surface area contributed by atoms with Crippen LogP contribution in [0.25, 0.3) is 0 Å². The first-order chi connectivity index (χ1) is 14.5.